The second-order valence-corrected chi connectivity index (χ2v) is 4.08. The highest BCUT2D eigenvalue weighted by Crippen LogP contribution is 2.26. The van der Waals surface area contributed by atoms with Crippen LogP contribution in [0.3, 0.4) is 0 Å². The van der Waals surface area contributed by atoms with Crippen LogP contribution in [0.4, 0.5) is 5.69 Å². The van der Waals surface area contributed by atoms with Gasteiger partial charge in [0.05, 0.1) is 6.10 Å². The van der Waals surface area contributed by atoms with Crippen LogP contribution in [0.15, 0.2) is 22.7 Å². The van der Waals surface area contributed by atoms with Crippen molar-refractivity contribution in [1.82, 2.24) is 0 Å². The summed E-state index contributed by atoms with van der Waals surface area (Å²) in [5.41, 5.74) is 6.57. The molecule has 0 aromatic heterocycles. The van der Waals surface area contributed by atoms with E-state index in [4.69, 9.17) is 5.73 Å². The van der Waals surface area contributed by atoms with Gasteiger partial charge < -0.3 is 16.2 Å². The van der Waals surface area contributed by atoms with Crippen molar-refractivity contribution in [2.45, 2.75) is 13.0 Å². The molecule has 0 aliphatic rings. The van der Waals surface area contributed by atoms with E-state index in [2.05, 4.69) is 21.2 Å². The van der Waals surface area contributed by atoms with Crippen LogP contribution in [0.25, 0.3) is 0 Å². The average Bonchev–Trinajstić information content (AvgIpc) is 2.16. The van der Waals surface area contributed by atoms with Crippen LogP contribution in [0.1, 0.15) is 18.6 Å². The van der Waals surface area contributed by atoms with Crippen LogP contribution < -0.4 is 11.1 Å². The number of carbonyl (C=O) groups is 1. The summed E-state index contributed by atoms with van der Waals surface area (Å²) in [4.78, 5) is 10.9. The van der Waals surface area contributed by atoms with Crippen molar-refractivity contribution in [2.24, 2.45) is 5.73 Å². The molecule has 4 N–H and O–H groups in total. The van der Waals surface area contributed by atoms with Crippen LogP contribution in [0.2, 0.25) is 0 Å². The maximum absolute atomic E-state index is 10.9. The van der Waals surface area contributed by atoms with E-state index in [1.807, 2.05) is 0 Å². The lowest BCUT2D eigenvalue weighted by atomic mass is 10.1. The summed E-state index contributed by atoms with van der Waals surface area (Å²) in [6.45, 7) is 1.54. The molecule has 5 heteroatoms. The van der Waals surface area contributed by atoms with Crippen LogP contribution in [-0.4, -0.2) is 17.6 Å². The van der Waals surface area contributed by atoms with Gasteiger partial charge in [-0.15, -0.1) is 0 Å². The van der Waals surface area contributed by atoms with E-state index in [-0.39, 0.29) is 12.5 Å². The largest absolute Gasteiger partial charge is 0.387 e. The van der Waals surface area contributed by atoms with Crippen molar-refractivity contribution < 1.29 is 9.90 Å². The number of nitrogens with two attached hydrogens (primary N) is 1. The maximum Gasteiger partial charge on any atom is 0.221 e. The first-order valence-corrected chi connectivity index (χ1v) is 5.29. The van der Waals surface area contributed by atoms with Crippen LogP contribution in [0.5, 0.6) is 0 Å². The van der Waals surface area contributed by atoms with Gasteiger partial charge in [-0.05, 0) is 12.1 Å². The number of nitrogens with one attached hydrogen (secondary N) is 1. The second kappa shape index (κ2) is 5.25. The predicted octanol–water partition coefficient (Wildman–Crippen LogP) is 1.40. The number of hydrogen-bond donors (Lipinski definition) is 3. The Kier molecular flexibility index (Phi) is 4.26. The summed E-state index contributed by atoms with van der Waals surface area (Å²) in [6, 6.07) is 5.25. The van der Waals surface area contributed by atoms with E-state index < -0.39 is 6.10 Å². The maximum atomic E-state index is 10.9. The fourth-order valence-electron chi connectivity index (χ4n) is 1.24. The second-order valence-electron chi connectivity index (χ2n) is 3.16. The Morgan fingerprint density at radius 3 is 2.87 bits per heavy atom. The Morgan fingerprint density at radius 2 is 2.33 bits per heavy atom. The molecule has 0 saturated heterocycles. The zero-order chi connectivity index (χ0) is 11.4. The number of anilines is 1. The topological polar surface area (TPSA) is 75.3 Å². The molecule has 1 rings (SSSR count). The molecule has 0 radical (unpaired) electrons. The normalized spacial score (nSPS) is 12.3. The molecule has 0 aliphatic carbocycles. The lowest BCUT2D eigenvalue weighted by molar-refractivity contribution is -0.114. The van der Waals surface area contributed by atoms with Crippen molar-refractivity contribution in [3.63, 3.8) is 0 Å². The van der Waals surface area contributed by atoms with Gasteiger partial charge in [-0.2, -0.15) is 0 Å². The highest BCUT2D eigenvalue weighted by atomic mass is 79.9. The number of aliphatic hydroxyl groups excluding tert-OH is 1. The van der Waals surface area contributed by atoms with Gasteiger partial charge in [-0.1, -0.05) is 22.0 Å². The van der Waals surface area contributed by atoms with Crippen molar-refractivity contribution in [2.75, 3.05) is 11.9 Å². The molecular formula is C10H13BrN2O2. The molecule has 4 nitrogen and oxygen atoms in total. The average molecular weight is 273 g/mol. The zero-order valence-electron chi connectivity index (χ0n) is 8.33. The highest BCUT2D eigenvalue weighted by molar-refractivity contribution is 9.10. The van der Waals surface area contributed by atoms with E-state index in [1.165, 1.54) is 6.92 Å². The zero-order valence-corrected chi connectivity index (χ0v) is 9.91. The molecule has 1 atom stereocenters. The smallest absolute Gasteiger partial charge is 0.221 e. The molecule has 0 saturated carbocycles. The van der Waals surface area contributed by atoms with Crippen LogP contribution in [-0.2, 0) is 4.79 Å². The molecule has 0 fully saturated rings. The summed E-state index contributed by atoms with van der Waals surface area (Å²) in [5.74, 6) is -0.182. The Balaban J connectivity index is 3.08. The molecule has 0 spiro atoms. The Morgan fingerprint density at radius 1 is 1.67 bits per heavy atom. The number of rotatable bonds is 3. The monoisotopic (exact) mass is 272 g/mol. The Hall–Kier alpha value is -0.910. The van der Waals surface area contributed by atoms with Gasteiger partial charge in [0.1, 0.15) is 0 Å². The fraction of sp³-hybridized carbons (Fsp3) is 0.300. The van der Waals surface area contributed by atoms with Gasteiger partial charge in [0.15, 0.2) is 0 Å². The van der Waals surface area contributed by atoms with Crippen LogP contribution >= 0.6 is 15.9 Å². The molecule has 1 amide bonds. The quantitative estimate of drug-likeness (QED) is 0.779. The standard InChI is InChI=1S/C10H13BrN2O2/c1-6(14)13-9-4-7(11)2-3-8(9)10(15)5-12/h2-4,10,15H,5,12H2,1H3,(H,13,14). The first-order chi connectivity index (χ1) is 7.04. The molecule has 1 aromatic carbocycles. The van der Waals surface area contributed by atoms with Gasteiger partial charge in [-0.25, -0.2) is 0 Å². The highest BCUT2D eigenvalue weighted by Gasteiger charge is 2.11. The summed E-state index contributed by atoms with van der Waals surface area (Å²) in [5, 5.41) is 12.3. The number of aliphatic hydroxyl groups is 1. The van der Waals surface area contributed by atoms with Crippen molar-refractivity contribution in [3.8, 4) is 0 Å². The number of amides is 1. The fourth-order valence-corrected chi connectivity index (χ4v) is 1.61. The van der Waals surface area contributed by atoms with E-state index in [0.717, 1.165) is 4.47 Å². The number of carbonyl (C=O) groups excluding carboxylic acids is 1. The summed E-state index contributed by atoms with van der Waals surface area (Å²) < 4.78 is 0.833. The van der Waals surface area contributed by atoms with Gasteiger partial charge >= 0.3 is 0 Å². The molecule has 1 aromatic rings. The van der Waals surface area contributed by atoms with E-state index in [0.29, 0.717) is 11.3 Å². The van der Waals surface area contributed by atoms with Crippen LogP contribution in [0, 0.1) is 0 Å². The molecular weight excluding hydrogens is 260 g/mol. The molecule has 0 heterocycles. The molecule has 82 valence electrons. The molecule has 1 unspecified atom stereocenters. The summed E-state index contributed by atoms with van der Waals surface area (Å²) in [7, 11) is 0. The van der Waals surface area contributed by atoms with Gasteiger partial charge in [0, 0.05) is 29.2 Å². The minimum absolute atomic E-state index is 0.119. The third-order valence-corrected chi connectivity index (χ3v) is 2.40. The molecule has 0 aliphatic heterocycles. The summed E-state index contributed by atoms with van der Waals surface area (Å²) in [6.07, 6.45) is -0.764. The van der Waals surface area contributed by atoms with Gasteiger partial charge in [0.25, 0.3) is 0 Å². The van der Waals surface area contributed by atoms with Gasteiger partial charge in [0.2, 0.25) is 5.91 Å². The van der Waals surface area contributed by atoms with Crippen molar-refractivity contribution >= 4 is 27.5 Å². The van der Waals surface area contributed by atoms with Crippen molar-refractivity contribution in [3.05, 3.63) is 28.2 Å². The lowest BCUT2D eigenvalue weighted by Crippen LogP contribution is -2.15. The van der Waals surface area contributed by atoms with Gasteiger partial charge in [-0.3, -0.25) is 4.79 Å². The first-order valence-electron chi connectivity index (χ1n) is 4.49. The minimum Gasteiger partial charge on any atom is -0.387 e. The molecule has 0 bridgehead atoms. The third kappa shape index (κ3) is 3.30. The number of hydrogen-bond acceptors (Lipinski definition) is 3. The van der Waals surface area contributed by atoms with E-state index in [9.17, 15) is 9.90 Å². The summed E-state index contributed by atoms with van der Waals surface area (Å²) >= 11 is 3.29. The lowest BCUT2D eigenvalue weighted by Gasteiger charge is -2.14. The van der Waals surface area contributed by atoms with E-state index >= 15 is 0 Å². The Bertz CT molecular complexity index is 368. The first kappa shape index (κ1) is 12.2. The number of benzene rings is 1. The van der Waals surface area contributed by atoms with Crippen molar-refractivity contribution in [1.29, 1.82) is 0 Å². The van der Waals surface area contributed by atoms with E-state index in [1.54, 1.807) is 18.2 Å². The Labute approximate surface area is 96.6 Å². The predicted molar refractivity (Wildman–Crippen MR) is 62.5 cm³/mol. The number of halogens is 1. The molecule has 15 heavy (non-hydrogen) atoms. The SMILES string of the molecule is CC(=O)Nc1cc(Br)ccc1C(O)CN. The minimum atomic E-state index is -0.764. The third-order valence-electron chi connectivity index (χ3n) is 1.91.